The number of hydrogen-bond donors (Lipinski definition) is 1. The van der Waals surface area contributed by atoms with Gasteiger partial charge in [-0.15, -0.1) is 0 Å². The molecule has 2 aliphatic rings. The summed E-state index contributed by atoms with van der Waals surface area (Å²) in [5.74, 6) is 0.352. The van der Waals surface area contributed by atoms with Crippen LogP contribution in [0.2, 0.25) is 0 Å². The minimum Gasteiger partial charge on any atom is -0.338 e. The molecule has 2 saturated heterocycles. The first-order valence-electron chi connectivity index (χ1n) is 6.73. The summed E-state index contributed by atoms with van der Waals surface area (Å²) in [6.07, 6.45) is 2.07. The number of carbonyl (C=O) groups excluding carboxylic acids is 1. The van der Waals surface area contributed by atoms with Gasteiger partial charge in [0.2, 0.25) is 5.91 Å². The van der Waals surface area contributed by atoms with Gasteiger partial charge in [-0.3, -0.25) is 4.79 Å². The van der Waals surface area contributed by atoms with Crippen LogP contribution in [-0.4, -0.2) is 61.5 Å². The van der Waals surface area contributed by atoms with Gasteiger partial charge in [-0.2, -0.15) is 0 Å². The van der Waals surface area contributed by atoms with Crippen molar-refractivity contribution in [1.82, 2.24) is 15.1 Å². The summed E-state index contributed by atoms with van der Waals surface area (Å²) in [6, 6.07) is 0.340. The Morgan fingerprint density at radius 3 is 2.82 bits per heavy atom. The van der Waals surface area contributed by atoms with Gasteiger partial charge in [0.1, 0.15) is 0 Å². The number of carbonyl (C=O) groups is 1. The molecule has 0 aromatic heterocycles. The minimum atomic E-state index is -0.169. The lowest BCUT2D eigenvalue weighted by molar-refractivity contribution is -0.142. The van der Waals surface area contributed by atoms with Crippen LogP contribution in [0, 0.1) is 5.41 Å². The first-order valence-corrected chi connectivity index (χ1v) is 6.73. The van der Waals surface area contributed by atoms with E-state index < -0.39 is 0 Å². The number of nitrogens with zero attached hydrogens (tertiary/aromatic N) is 2. The van der Waals surface area contributed by atoms with Crippen LogP contribution in [0.15, 0.2) is 0 Å². The lowest BCUT2D eigenvalue weighted by Crippen LogP contribution is -2.49. The SMILES string of the molecule is CC1CN(C)CCCN1C(=O)C1(C)CCNC1. The van der Waals surface area contributed by atoms with Crippen LogP contribution < -0.4 is 5.32 Å². The second-order valence-electron chi connectivity index (χ2n) is 5.95. The van der Waals surface area contributed by atoms with Gasteiger partial charge in [0.05, 0.1) is 5.41 Å². The average molecular weight is 239 g/mol. The highest BCUT2D eigenvalue weighted by Crippen LogP contribution is 2.28. The number of amides is 1. The van der Waals surface area contributed by atoms with Crippen molar-refractivity contribution in [2.75, 3.05) is 39.8 Å². The molecule has 4 heteroatoms. The van der Waals surface area contributed by atoms with Gasteiger partial charge >= 0.3 is 0 Å². The van der Waals surface area contributed by atoms with Crippen LogP contribution in [-0.2, 0) is 4.79 Å². The highest BCUT2D eigenvalue weighted by atomic mass is 16.2. The Morgan fingerprint density at radius 2 is 2.18 bits per heavy atom. The Kier molecular flexibility index (Phi) is 3.73. The summed E-state index contributed by atoms with van der Waals surface area (Å²) >= 11 is 0. The zero-order valence-electron chi connectivity index (χ0n) is 11.3. The van der Waals surface area contributed by atoms with Crippen LogP contribution in [0.5, 0.6) is 0 Å². The molecule has 1 N–H and O–H groups in total. The molecule has 2 rings (SSSR count). The molecule has 0 radical (unpaired) electrons. The zero-order chi connectivity index (χ0) is 12.5. The van der Waals surface area contributed by atoms with Crippen molar-refractivity contribution in [1.29, 1.82) is 0 Å². The summed E-state index contributed by atoms with van der Waals surface area (Å²) in [4.78, 5) is 17.1. The largest absolute Gasteiger partial charge is 0.338 e. The van der Waals surface area contributed by atoms with Crippen molar-refractivity contribution in [3.8, 4) is 0 Å². The van der Waals surface area contributed by atoms with Crippen molar-refractivity contribution in [3.63, 3.8) is 0 Å². The Bertz CT molecular complexity index is 286. The molecule has 1 amide bonds. The van der Waals surface area contributed by atoms with E-state index in [-0.39, 0.29) is 5.41 Å². The maximum absolute atomic E-state index is 12.7. The highest BCUT2D eigenvalue weighted by molar-refractivity contribution is 5.83. The molecule has 0 aromatic rings. The minimum absolute atomic E-state index is 0.169. The zero-order valence-corrected chi connectivity index (χ0v) is 11.3. The fraction of sp³-hybridized carbons (Fsp3) is 0.923. The molecular weight excluding hydrogens is 214 g/mol. The standard InChI is InChI=1S/C13H25N3O/c1-11-9-15(3)7-4-8-16(11)12(17)13(2)5-6-14-10-13/h11,14H,4-10H2,1-3H3. The quantitative estimate of drug-likeness (QED) is 0.725. The number of hydrogen-bond acceptors (Lipinski definition) is 3. The van der Waals surface area contributed by atoms with E-state index in [9.17, 15) is 4.79 Å². The highest BCUT2D eigenvalue weighted by Gasteiger charge is 2.40. The van der Waals surface area contributed by atoms with Crippen LogP contribution in [0.3, 0.4) is 0 Å². The first kappa shape index (κ1) is 12.8. The average Bonchev–Trinajstić information content (AvgIpc) is 2.64. The lowest BCUT2D eigenvalue weighted by Gasteiger charge is -2.34. The fourth-order valence-electron chi connectivity index (χ4n) is 3.02. The van der Waals surface area contributed by atoms with E-state index in [0.29, 0.717) is 11.9 Å². The summed E-state index contributed by atoms with van der Waals surface area (Å²) in [6.45, 7) is 9.11. The van der Waals surface area contributed by atoms with Gasteiger partial charge in [0, 0.05) is 25.7 Å². The molecule has 2 atom stereocenters. The van der Waals surface area contributed by atoms with Crippen LogP contribution >= 0.6 is 0 Å². The molecule has 0 spiro atoms. The molecule has 2 fully saturated rings. The molecule has 98 valence electrons. The topological polar surface area (TPSA) is 35.6 Å². The van der Waals surface area contributed by atoms with Crippen molar-refractivity contribution in [2.24, 2.45) is 5.41 Å². The second kappa shape index (κ2) is 4.94. The van der Waals surface area contributed by atoms with E-state index in [0.717, 1.165) is 45.6 Å². The van der Waals surface area contributed by atoms with Gasteiger partial charge in [-0.25, -0.2) is 0 Å². The second-order valence-corrected chi connectivity index (χ2v) is 5.95. The smallest absolute Gasteiger partial charge is 0.230 e. The van der Waals surface area contributed by atoms with Crippen molar-refractivity contribution in [2.45, 2.75) is 32.7 Å². The van der Waals surface area contributed by atoms with Crippen LogP contribution in [0.25, 0.3) is 0 Å². The summed E-state index contributed by atoms with van der Waals surface area (Å²) < 4.78 is 0. The Balaban J connectivity index is 2.07. The van der Waals surface area contributed by atoms with E-state index in [4.69, 9.17) is 0 Å². The predicted octanol–water partition coefficient (Wildman–Crippen LogP) is 0.539. The molecule has 2 heterocycles. The Labute approximate surface area is 104 Å². The van der Waals surface area contributed by atoms with E-state index in [1.165, 1.54) is 0 Å². The molecule has 2 aliphatic heterocycles. The molecule has 0 saturated carbocycles. The molecule has 0 aliphatic carbocycles. The van der Waals surface area contributed by atoms with E-state index in [1.54, 1.807) is 0 Å². The Morgan fingerprint density at radius 1 is 1.41 bits per heavy atom. The summed E-state index contributed by atoms with van der Waals surface area (Å²) in [5, 5.41) is 3.31. The Hall–Kier alpha value is -0.610. The molecule has 17 heavy (non-hydrogen) atoms. The van der Waals surface area contributed by atoms with E-state index in [2.05, 4.69) is 36.0 Å². The monoisotopic (exact) mass is 239 g/mol. The maximum Gasteiger partial charge on any atom is 0.230 e. The van der Waals surface area contributed by atoms with E-state index in [1.807, 2.05) is 0 Å². The van der Waals surface area contributed by atoms with Crippen molar-refractivity contribution in [3.05, 3.63) is 0 Å². The summed E-state index contributed by atoms with van der Waals surface area (Å²) in [5.41, 5.74) is -0.169. The number of rotatable bonds is 1. The molecule has 4 nitrogen and oxygen atoms in total. The van der Waals surface area contributed by atoms with Gasteiger partial charge in [0.15, 0.2) is 0 Å². The third-order valence-corrected chi connectivity index (χ3v) is 4.19. The maximum atomic E-state index is 12.7. The van der Waals surface area contributed by atoms with Gasteiger partial charge in [0.25, 0.3) is 0 Å². The van der Waals surface area contributed by atoms with Crippen LogP contribution in [0.1, 0.15) is 26.7 Å². The van der Waals surface area contributed by atoms with E-state index >= 15 is 0 Å². The fourth-order valence-corrected chi connectivity index (χ4v) is 3.02. The van der Waals surface area contributed by atoms with Gasteiger partial charge in [-0.1, -0.05) is 0 Å². The van der Waals surface area contributed by atoms with Gasteiger partial charge in [-0.05, 0) is 46.8 Å². The van der Waals surface area contributed by atoms with Gasteiger partial charge < -0.3 is 15.1 Å². The molecule has 2 unspecified atom stereocenters. The number of nitrogens with one attached hydrogen (secondary N) is 1. The molecule has 0 aromatic carbocycles. The molecule has 0 bridgehead atoms. The lowest BCUT2D eigenvalue weighted by atomic mass is 9.87. The summed E-state index contributed by atoms with van der Waals surface area (Å²) in [7, 11) is 2.14. The molecular formula is C13H25N3O. The predicted molar refractivity (Wildman–Crippen MR) is 68.9 cm³/mol. The van der Waals surface area contributed by atoms with Crippen molar-refractivity contribution < 1.29 is 4.79 Å². The third-order valence-electron chi connectivity index (χ3n) is 4.19. The first-order chi connectivity index (χ1) is 8.03. The number of likely N-dealkylation sites (N-methyl/N-ethyl adjacent to an activating group) is 1. The normalized spacial score (nSPS) is 35.9. The third kappa shape index (κ3) is 2.63. The van der Waals surface area contributed by atoms with Crippen LogP contribution in [0.4, 0.5) is 0 Å². The van der Waals surface area contributed by atoms with Crippen molar-refractivity contribution >= 4 is 5.91 Å².